The number of allylic oxidation sites excluding steroid dienone is 1. The second-order valence-corrected chi connectivity index (χ2v) is 6.88. The normalized spacial score (nSPS) is 11.1. The Bertz CT molecular complexity index is 1140. The highest BCUT2D eigenvalue weighted by Crippen LogP contribution is 2.32. The summed E-state index contributed by atoms with van der Waals surface area (Å²) in [5.74, 6) is 0. The van der Waals surface area contributed by atoms with Crippen LogP contribution >= 0.6 is 23.2 Å². The SMILES string of the molecule is Cc1cc(/C=C(/C#N)c2cccc(C#N)c2)c(C)n1-c1cccc(Cl)c1Cl. The Morgan fingerprint density at radius 2 is 1.78 bits per heavy atom. The number of aromatic nitrogens is 1. The largest absolute Gasteiger partial charge is 0.316 e. The van der Waals surface area contributed by atoms with Crippen LogP contribution in [0.3, 0.4) is 0 Å². The van der Waals surface area contributed by atoms with Crippen molar-refractivity contribution in [2.75, 3.05) is 0 Å². The summed E-state index contributed by atoms with van der Waals surface area (Å²) in [7, 11) is 0. The van der Waals surface area contributed by atoms with Gasteiger partial charge < -0.3 is 4.57 Å². The molecule has 27 heavy (non-hydrogen) atoms. The predicted octanol–water partition coefficient (Wildman–Crippen LogP) is 6.34. The molecular formula is C22H15Cl2N3. The van der Waals surface area contributed by atoms with Crippen LogP contribution in [-0.4, -0.2) is 4.57 Å². The summed E-state index contributed by atoms with van der Waals surface area (Å²) >= 11 is 12.6. The predicted molar refractivity (Wildman–Crippen MR) is 110 cm³/mol. The molecule has 1 heterocycles. The number of rotatable bonds is 3. The average Bonchev–Trinajstić information content (AvgIpc) is 2.95. The van der Waals surface area contributed by atoms with Gasteiger partial charge in [-0.3, -0.25) is 0 Å². The van der Waals surface area contributed by atoms with Crippen molar-refractivity contribution in [3.05, 3.63) is 86.7 Å². The third-order valence-corrected chi connectivity index (χ3v) is 5.17. The first kappa shape index (κ1) is 18.8. The first-order valence-corrected chi connectivity index (χ1v) is 8.97. The average molecular weight is 392 g/mol. The summed E-state index contributed by atoms with van der Waals surface area (Å²) < 4.78 is 2.01. The molecule has 0 atom stereocenters. The van der Waals surface area contributed by atoms with Gasteiger partial charge in [0, 0.05) is 11.4 Å². The molecule has 0 aliphatic rings. The molecule has 0 saturated heterocycles. The van der Waals surface area contributed by atoms with Crippen LogP contribution in [0.4, 0.5) is 0 Å². The molecule has 2 aromatic carbocycles. The van der Waals surface area contributed by atoms with Gasteiger partial charge in [0.15, 0.2) is 0 Å². The van der Waals surface area contributed by atoms with Crippen molar-refractivity contribution in [3.8, 4) is 17.8 Å². The monoisotopic (exact) mass is 391 g/mol. The third-order valence-electron chi connectivity index (χ3n) is 4.37. The van der Waals surface area contributed by atoms with E-state index in [1.807, 2.05) is 48.8 Å². The van der Waals surface area contributed by atoms with E-state index in [0.717, 1.165) is 22.6 Å². The van der Waals surface area contributed by atoms with Crippen LogP contribution in [0.5, 0.6) is 0 Å². The van der Waals surface area contributed by atoms with Gasteiger partial charge in [0.25, 0.3) is 0 Å². The maximum absolute atomic E-state index is 9.62. The standard InChI is InChI=1S/C22H15Cl2N3/c1-14-9-18(11-19(13-26)17-6-3-5-16(10-17)12-25)15(2)27(14)21-8-4-7-20(23)22(21)24/h3-11H,1-2H3/b19-11-. The molecule has 3 aromatic rings. The molecule has 5 heteroatoms. The van der Waals surface area contributed by atoms with Gasteiger partial charge in [0.2, 0.25) is 0 Å². The molecule has 0 aliphatic heterocycles. The minimum absolute atomic E-state index is 0.485. The summed E-state index contributed by atoms with van der Waals surface area (Å²) in [5.41, 5.74) is 5.34. The van der Waals surface area contributed by atoms with Crippen LogP contribution in [0.25, 0.3) is 17.3 Å². The maximum Gasteiger partial charge on any atom is 0.0998 e. The molecule has 3 nitrogen and oxygen atoms in total. The number of aryl methyl sites for hydroxylation is 1. The third kappa shape index (κ3) is 3.62. The van der Waals surface area contributed by atoms with Gasteiger partial charge >= 0.3 is 0 Å². The van der Waals surface area contributed by atoms with E-state index in [9.17, 15) is 5.26 Å². The number of benzene rings is 2. The Morgan fingerprint density at radius 3 is 2.48 bits per heavy atom. The Morgan fingerprint density at radius 1 is 1.04 bits per heavy atom. The Balaban J connectivity index is 2.13. The highest BCUT2D eigenvalue weighted by atomic mass is 35.5. The van der Waals surface area contributed by atoms with Crippen molar-refractivity contribution in [1.82, 2.24) is 4.57 Å². The minimum Gasteiger partial charge on any atom is -0.316 e. The Hall–Kier alpha value is -2.98. The topological polar surface area (TPSA) is 52.5 Å². The van der Waals surface area contributed by atoms with Crippen LogP contribution in [0.2, 0.25) is 10.0 Å². The molecule has 0 saturated carbocycles. The molecule has 0 fully saturated rings. The minimum atomic E-state index is 0.485. The molecule has 0 aliphatic carbocycles. The molecular weight excluding hydrogens is 377 g/mol. The molecule has 0 unspecified atom stereocenters. The smallest absolute Gasteiger partial charge is 0.0998 e. The molecule has 0 amide bonds. The van der Waals surface area contributed by atoms with E-state index in [-0.39, 0.29) is 0 Å². The number of hydrogen-bond acceptors (Lipinski definition) is 2. The molecule has 0 bridgehead atoms. The summed E-state index contributed by atoms with van der Waals surface area (Å²) in [5, 5.41) is 19.7. The lowest BCUT2D eigenvalue weighted by Crippen LogP contribution is -2.00. The number of nitrogens with zero attached hydrogens (tertiary/aromatic N) is 3. The van der Waals surface area contributed by atoms with E-state index in [1.54, 1.807) is 24.3 Å². The van der Waals surface area contributed by atoms with Crippen molar-refractivity contribution in [3.63, 3.8) is 0 Å². The maximum atomic E-state index is 9.62. The van der Waals surface area contributed by atoms with Gasteiger partial charge in [-0.05, 0) is 61.4 Å². The summed E-state index contributed by atoms with van der Waals surface area (Å²) in [6.07, 6.45) is 1.83. The molecule has 132 valence electrons. The molecule has 3 rings (SSSR count). The van der Waals surface area contributed by atoms with Crippen LogP contribution in [0.1, 0.15) is 28.1 Å². The zero-order valence-electron chi connectivity index (χ0n) is 14.8. The first-order valence-electron chi connectivity index (χ1n) is 8.22. The fourth-order valence-corrected chi connectivity index (χ4v) is 3.44. The van der Waals surface area contributed by atoms with E-state index in [1.165, 1.54) is 0 Å². The van der Waals surface area contributed by atoms with Gasteiger partial charge in [-0.25, -0.2) is 0 Å². The highest BCUT2D eigenvalue weighted by molar-refractivity contribution is 6.43. The molecule has 0 radical (unpaired) electrons. The van der Waals surface area contributed by atoms with E-state index >= 15 is 0 Å². The second kappa shape index (κ2) is 7.72. The number of nitriles is 2. The van der Waals surface area contributed by atoms with Crippen LogP contribution in [-0.2, 0) is 0 Å². The fraction of sp³-hybridized carbons (Fsp3) is 0.0909. The van der Waals surface area contributed by atoms with Crippen LogP contribution < -0.4 is 0 Å². The van der Waals surface area contributed by atoms with Crippen molar-refractivity contribution in [2.45, 2.75) is 13.8 Å². The van der Waals surface area contributed by atoms with E-state index in [4.69, 9.17) is 28.5 Å². The zero-order valence-corrected chi connectivity index (χ0v) is 16.3. The van der Waals surface area contributed by atoms with Crippen LogP contribution in [0, 0.1) is 36.5 Å². The van der Waals surface area contributed by atoms with Gasteiger partial charge in [-0.1, -0.05) is 41.4 Å². The van der Waals surface area contributed by atoms with Crippen molar-refractivity contribution in [1.29, 1.82) is 10.5 Å². The van der Waals surface area contributed by atoms with Crippen molar-refractivity contribution in [2.24, 2.45) is 0 Å². The molecule has 1 aromatic heterocycles. The first-order chi connectivity index (χ1) is 13.0. The zero-order chi connectivity index (χ0) is 19.6. The van der Waals surface area contributed by atoms with E-state index < -0.39 is 0 Å². The van der Waals surface area contributed by atoms with Crippen molar-refractivity contribution >= 4 is 34.9 Å². The number of halogens is 2. The molecule has 0 spiro atoms. The lowest BCUT2D eigenvalue weighted by molar-refractivity contribution is 0.965. The summed E-state index contributed by atoms with van der Waals surface area (Å²) in [6.45, 7) is 3.95. The Labute approximate surface area is 168 Å². The van der Waals surface area contributed by atoms with E-state index in [0.29, 0.717) is 26.7 Å². The molecule has 0 N–H and O–H groups in total. The Kier molecular flexibility index (Phi) is 5.38. The summed E-state index contributed by atoms with van der Waals surface area (Å²) in [4.78, 5) is 0. The second-order valence-electron chi connectivity index (χ2n) is 6.10. The van der Waals surface area contributed by atoms with Gasteiger partial charge in [0.05, 0.1) is 39.0 Å². The lowest BCUT2D eigenvalue weighted by atomic mass is 10.0. The van der Waals surface area contributed by atoms with Gasteiger partial charge in [-0.2, -0.15) is 10.5 Å². The van der Waals surface area contributed by atoms with Crippen molar-refractivity contribution < 1.29 is 0 Å². The quantitative estimate of drug-likeness (QED) is 0.489. The highest BCUT2D eigenvalue weighted by Gasteiger charge is 2.14. The lowest BCUT2D eigenvalue weighted by Gasteiger charge is -2.12. The van der Waals surface area contributed by atoms with E-state index in [2.05, 4.69) is 12.1 Å². The number of hydrogen-bond donors (Lipinski definition) is 0. The fourth-order valence-electron chi connectivity index (χ4n) is 3.06. The summed E-state index contributed by atoms with van der Waals surface area (Å²) in [6, 6.07) is 18.9. The van der Waals surface area contributed by atoms with Crippen LogP contribution in [0.15, 0.2) is 48.5 Å². The van der Waals surface area contributed by atoms with Gasteiger partial charge in [-0.15, -0.1) is 0 Å². The van der Waals surface area contributed by atoms with Gasteiger partial charge in [0.1, 0.15) is 0 Å².